The van der Waals surface area contributed by atoms with Crippen molar-refractivity contribution in [2.75, 3.05) is 39.3 Å². The van der Waals surface area contributed by atoms with E-state index in [0.717, 1.165) is 6.07 Å². The van der Waals surface area contributed by atoms with Crippen molar-refractivity contribution < 1.29 is 28.0 Å². The zero-order valence-corrected chi connectivity index (χ0v) is 18.4. The molecular weight excluding hydrogens is 438 g/mol. The van der Waals surface area contributed by atoms with Crippen molar-refractivity contribution in [1.82, 2.24) is 9.21 Å². The summed E-state index contributed by atoms with van der Waals surface area (Å²) in [5, 5.41) is 21.2. The number of β-amino-alcohol motifs (C(OH)–C–C–N with tert-alkyl or cyclic N) is 1. The average Bonchev–Trinajstić information content (AvgIpc) is 2.78. The third-order valence-electron chi connectivity index (χ3n) is 5.17. The van der Waals surface area contributed by atoms with Crippen LogP contribution in [-0.2, 0) is 10.0 Å². The van der Waals surface area contributed by atoms with E-state index in [2.05, 4.69) is 0 Å². The van der Waals surface area contributed by atoms with E-state index < -0.39 is 21.1 Å². The number of piperazine rings is 1. The first-order chi connectivity index (χ1) is 15.2. The molecule has 0 spiro atoms. The lowest BCUT2D eigenvalue weighted by Crippen LogP contribution is -2.50. The number of rotatable bonds is 9. The average molecular weight is 464 g/mol. The SMILES string of the molecule is CC(=O)c1ccc(OCC(O)CN2CCN(S(=O)(=O)c3cccc([N+](=O)[O-])c3)CC2)cc1. The number of benzene rings is 2. The van der Waals surface area contributed by atoms with Crippen molar-refractivity contribution in [1.29, 1.82) is 0 Å². The number of non-ortho nitro benzene ring substituents is 1. The first-order valence-corrected chi connectivity index (χ1v) is 11.5. The minimum absolute atomic E-state index is 0.0387. The van der Waals surface area contributed by atoms with Gasteiger partial charge < -0.3 is 9.84 Å². The van der Waals surface area contributed by atoms with Gasteiger partial charge >= 0.3 is 0 Å². The Hall–Kier alpha value is -2.86. The summed E-state index contributed by atoms with van der Waals surface area (Å²) >= 11 is 0. The molecule has 3 rings (SSSR count). The number of sulfonamides is 1. The molecule has 1 N–H and O–H groups in total. The van der Waals surface area contributed by atoms with Crippen LogP contribution in [0.2, 0.25) is 0 Å². The number of nitro benzene ring substituents is 1. The van der Waals surface area contributed by atoms with Gasteiger partial charge in [-0.25, -0.2) is 8.42 Å². The second kappa shape index (κ2) is 10.2. The van der Waals surface area contributed by atoms with Gasteiger partial charge in [0.05, 0.1) is 9.82 Å². The molecule has 2 aromatic rings. The molecule has 0 bridgehead atoms. The highest BCUT2D eigenvalue weighted by Crippen LogP contribution is 2.22. The minimum Gasteiger partial charge on any atom is -0.491 e. The van der Waals surface area contributed by atoms with E-state index >= 15 is 0 Å². The molecule has 1 aliphatic heterocycles. The Bertz CT molecular complexity index is 1070. The predicted molar refractivity (Wildman–Crippen MR) is 116 cm³/mol. The number of carbonyl (C=O) groups excluding carboxylic acids is 1. The largest absolute Gasteiger partial charge is 0.491 e. The lowest BCUT2D eigenvalue weighted by atomic mass is 10.1. The smallest absolute Gasteiger partial charge is 0.270 e. The summed E-state index contributed by atoms with van der Waals surface area (Å²) in [6.07, 6.45) is -0.776. The standard InChI is InChI=1S/C21H25N3O7S/c1-16(25)17-5-7-20(8-6-17)31-15-19(26)14-22-9-11-23(12-10-22)32(29,30)21-4-2-3-18(13-21)24(27)28/h2-8,13,19,26H,9-12,14-15H2,1H3. The Labute approximate surface area is 186 Å². The van der Waals surface area contributed by atoms with Crippen LogP contribution in [0.5, 0.6) is 5.75 Å². The van der Waals surface area contributed by atoms with Gasteiger partial charge in [0.1, 0.15) is 18.5 Å². The van der Waals surface area contributed by atoms with Crippen LogP contribution in [0, 0.1) is 10.1 Å². The molecule has 11 heteroatoms. The zero-order valence-electron chi connectivity index (χ0n) is 17.6. The van der Waals surface area contributed by atoms with Gasteiger partial charge in [-0.3, -0.25) is 19.8 Å². The van der Waals surface area contributed by atoms with E-state index in [-0.39, 0.29) is 36.1 Å². The first-order valence-electron chi connectivity index (χ1n) is 10.1. The first kappa shape index (κ1) is 23.8. The van der Waals surface area contributed by atoms with Crippen LogP contribution < -0.4 is 4.74 Å². The fourth-order valence-electron chi connectivity index (χ4n) is 3.39. The van der Waals surface area contributed by atoms with Gasteiger partial charge in [0, 0.05) is 50.4 Å². The van der Waals surface area contributed by atoms with Crippen molar-refractivity contribution in [3.05, 3.63) is 64.2 Å². The highest BCUT2D eigenvalue weighted by atomic mass is 32.2. The molecule has 0 amide bonds. The topological polar surface area (TPSA) is 130 Å². The van der Waals surface area contributed by atoms with Crippen LogP contribution in [0.3, 0.4) is 0 Å². The number of ketones is 1. The molecule has 172 valence electrons. The Morgan fingerprint density at radius 3 is 2.41 bits per heavy atom. The molecule has 2 aromatic carbocycles. The number of Topliss-reactive ketones (excluding diaryl/α,β-unsaturated/α-hetero) is 1. The van der Waals surface area contributed by atoms with Crippen molar-refractivity contribution in [2.24, 2.45) is 0 Å². The van der Waals surface area contributed by atoms with Crippen molar-refractivity contribution in [2.45, 2.75) is 17.9 Å². The molecule has 10 nitrogen and oxygen atoms in total. The van der Waals surface area contributed by atoms with Crippen molar-refractivity contribution in [3.63, 3.8) is 0 Å². The Balaban J connectivity index is 1.49. The second-order valence-electron chi connectivity index (χ2n) is 7.50. The van der Waals surface area contributed by atoms with Crippen LogP contribution in [-0.4, -0.2) is 78.9 Å². The molecule has 32 heavy (non-hydrogen) atoms. The van der Waals surface area contributed by atoms with Gasteiger partial charge in [-0.2, -0.15) is 4.31 Å². The number of aliphatic hydroxyl groups is 1. The third-order valence-corrected chi connectivity index (χ3v) is 7.06. The quantitative estimate of drug-likeness (QED) is 0.337. The summed E-state index contributed by atoms with van der Waals surface area (Å²) < 4.78 is 32.5. The van der Waals surface area contributed by atoms with E-state index in [4.69, 9.17) is 4.74 Å². The van der Waals surface area contributed by atoms with Gasteiger partial charge in [0.2, 0.25) is 10.0 Å². The zero-order chi connectivity index (χ0) is 23.3. The summed E-state index contributed by atoms with van der Waals surface area (Å²) in [4.78, 5) is 23.4. The van der Waals surface area contributed by atoms with Crippen LogP contribution in [0.15, 0.2) is 53.4 Å². The molecule has 1 unspecified atom stereocenters. The van der Waals surface area contributed by atoms with Gasteiger partial charge in [-0.1, -0.05) is 6.07 Å². The molecule has 0 saturated carbocycles. The summed E-state index contributed by atoms with van der Waals surface area (Å²) in [7, 11) is -3.83. The monoisotopic (exact) mass is 463 g/mol. The molecule has 0 aromatic heterocycles. The Morgan fingerprint density at radius 2 is 1.81 bits per heavy atom. The highest BCUT2D eigenvalue weighted by molar-refractivity contribution is 7.89. The molecule has 1 fully saturated rings. The van der Waals surface area contributed by atoms with Gasteiger partial charge in [-0.15, -0.1) is 0 Å². The molecule has 0 aliphatic carbocycles. The maximum atomic E-state index is 12.8. The van der Waals surface area contributed by atoms with Gasteiger partial charge in [-0.05, 0) is 37.3 Å². The van der Waals surface area contributed by atoms with Crippen LogP contribution in [0.25, 0.3) is 0 Å². The second-order valence-corrected chi connectivity index (χ2v) is 9.44. The number of ether oxygens (including phenoxy) is 1. The fraction of sp³-hybridized carbons (Fsp3) is 0.381. The number of aliphatic hydroxyl groups excluding tert-OH is 1. The van der Waals surface area contributed by atoms with E-state index in [1.807, 2.05) is 4.90 Å². The van der Waals surface area contributed by atoms with E-state index in [0.29, 0.717) is 30.9 Å². The van der Waals surface area contributed by atoms with Crippen LogP contribution in [0.4, 0.5) is 5.69 Å². The summed E-state index contributed by atoms with van der Waals surface area (Å²) in [5.41, 5.74) is 0.305. The Kier molecular flexibility index (Phi) is 7.56. The third kappa shape index (κ3) is 5.88. The maximum Gasteiger partial charge on any atom is 0.270 e. The number of nitrogens with zero attached hydrogens (tertiary/aromatic N) is 3. The number of hydrogen-bond donors (Lipinski definition) is 1. The van der Waals surface area contributed by atoms with E-state index in [1.165, 1.54) is 29.4 Å². The highest BCUT2D eigenvalue weighted by Gasteiger charge is 2.30. The van der Waals surface area contributed by atoms with E-state index in [9.17, 15) is 28.4 Å². The minimum atomic E-state index is -3.83. The van der Waals surface area contributed by atoms with Crippen LogP contribution >= 0.6 is 0 Å². The molecule has 1 aliphatic rings. The van der Waals surface area contributed by atoms with Gasteiger partial charge in [0.15, 0.2) is 5.78 Å². The Morgan fingerprint density at radius 1 is 1.16 bits per heavy atom. The summed E-state index contributed by atoms with van der Waals surface area (Å²) in [6, 6.07) is 11.7. The molecule has 1 heterocycles. The van der Waals surface area contributed by atoms with Gasteiger partial charge in [0.25, 0.3) is 5.69 Å². The summed E-state index contributed by atoms with van der Waals surface area (Å²) in [5.74, 6) is 0.505. The lowest BCUT2D eigenvalue weighted by Gasteiger charge is -2.34. The van der Waals surface area contributed by atoms with Crippen LogP contribution in [0.1, 0.15) is 17.3 Å². The molecule has 1 atom stereocenters. The van der Waals surface area contributed by atoms with Crippen molar-refractivity contribution in [3.8, 4) is 5.75 Å². The maximum absolute atomic E-state index is 12.8. The number of hydrogen-bond acceptors (Lipinski definition) is 8. The van der Waals surface area contributed by atoms with Crippen molar-refractivity contribution >= 4 is 21.5 Å². The molecule has 1 saturated heterocycles. The predicted octanol–water partition coefficient (Wildman–Crippen LogP) is 1.54. The number of nitro groups is 1. The fourth-order valence-corrected chi connectivity index (χ4v) is 4.85. The lowest BCUT2D eigenvalue weighted by molar-refractivity contribution is -0.385. The van der Waals surface area contributed by atoms with E-state index in [1.54, 1.807) is 24.3 Å². The number of carbonyl (C=O) groups is 1. The molecule has 0 radical (unpaired) electrons. The molecular formula is C21H25N3O7S. The normalized spacial score (nSPS) is 16.4. The summed E-state index contributed by atoms with van der Waals surface area (Å²) in [6.45, 7) is 3.11.